The Labute approximate surface area is 108 Å². The number of hydrogen-bond donors (Lipinski definition) is 2. The van der Waals surface area contributed by atoms with Gasteiger partial charge in [0.05, 0.1) is 0 Å². The van der Waals surface area contributed by atoms with E-state index in [9.17, 15) is 4.79 Å². The molecule has 1 aliphatic rings. The second-order valence-electron chi connectivity index (χ2n) is 4.52. The van der Waals surface area contributed by atoms with Crippen LogP contribution in [-0.4, -0.2) is 25.7 Å². The highest BCUT2D eigenvalue weighted by molar-refractivity contribution is 5.70. The highest BCUT2D eigenvalue weighted by Crippen LogP contribution is 2.27. The molecule has 0 atom stereocenters. The topological polar surface area (TPSA) is 50.4 Å². The van der Waals surface area contributed by atoms with Gasteiger partial charge >= 0.3 is 6.09 Å². The Morgan fingerprint density at radius 1 is 1.44 bits per heavy atom. The molecule has 0 spiro atoms. The number of amides is 1. The van der Waals surface area contributed by atoms with Gasteiger partial charge in [0.1, 0.15) is 5.75 Å². The Balaban J connectivity index is 2.02. The van der Waals surface area contributed by atoms with E-state index in [2.05, 4.69) is 16.7 Å². The zero-order chi connectivity index (χ0) is 12.8. The van der Waals surface area contributed by atoms with Crippen molar-refractivity contribution in [2.75, 3.05) is 19.6 Å². The van der Waals surface area contributed by atoms with E-state index < -0.39 is 0 Å². The summed E-state index contributed by atoms with van der Waals surface area (Å²) in [6.45, 7) is 4.57. The number of carbonyl (C=O) groups is 1. The number of benzene rings is 1. The van der Waals surface area contributed by atoms with Crippen molar-refractivity contribution in [3.05, 3.63) is 29.8 Å². The van der Waals surface area contributed by atoms with Gasteiger partial charge in [-0.25, -0.2) is 4.79 Å². The monoisotopic (exact) mass is 248 g/mol. The smallest absolute Gasteiger partial charge is 0.410 e. The molecule has 1 heterocycles. The van der Waals surface area contributed by atoms with Gasteiger partial charge in [0, 0.05) is 6.54 Å². The number of ether oxygens (including phenoxy) is 1. The summed E-state index contributed by atoms with van der Waals surface area (Å²) in [7, 11) is 0. The van der Waals surface area contributed by atoms with E-state index in [1.165, 1.54) is 5.56 Å². The molecule has 2 N–H and O–H groups in total. The average Bonchev–Trinajstić information content (AvgIpc) is 2.40. The van der Waals surface area contributed by atoms with Crippen molar-refractivity contribution >= 4 is 6.09 Å². The predicted molar refractivity (Wildman–Crippen MR) is 71.0 cm³/mol. The molecule has 0 bridgehead atoms. The lowest BCUT2D eigenvalue weighted by atomic mass is 9.90. The predicted octanol–water partition coefficient (Wildman–Crippen LogP) is 2.26. The highest BCUT2D eigenvalue weighted by Gasteiger charge is 2.15. The molecular formula is C14H20N2O2. The van der Waals surface area contributed by atoms with E-state index in [4.69, 9.17) is 4.74 Å². The third-order valence-corrected chi connectivity index (χ3v) is 3.20. The lowest BCUT2D eigenvalue weighted by Crippen LogP contribution is -2.27. The molecule has 1 saturated heterocycles. The molecule has 1 aromatic rings. The van der Waals surface area contributed by atoms with Gasteiger partial charge in [0.2, 0.25) is 0 Å². The molecule has 2 rings (SSSR count). The van der Waals surface area contributed by atoms with Crippen molar-refractivity contribution in [2.24, 2.45) is 0 Å². The van der Waals surface area contributed by atoms with Crippen LogP contribution in [0.3, 0.4) is 0 Å². The zero-order valence-corrected chi connectivity index (χ0v) is 10.7. The van der Waals surface area contributed by atoms with Crippen molar-refractivity contribution in [3.8, 4) is 5.75 Å². The van der Waals surface area contributed by atoms with E-state index in [0.717, 1.165) is 25.9 Å². The molecule has 18 heavy (non-hydrogen) atoms. The van der Waals surface area contributed by atoms with Gasteiger partial charge in [-0.3, -0.25) is 0 Å². The summed E-state index contributed by atoms with van der Waals surface area (Å²) in [5.74, 6) is 1.20. The highest BCUT2D eigenvalue weighted by atomic mass is 16.5. The van der Waals surface area contributed by atoms with E-state index in [-0.39, 0.29) is 6.09 Å². The maximum atomic E-state index is 11.4. The number of rotatable bonds is 3. The summed E-state index contributed by atoms with van der Waals surface area (Å²) in [6, 6.07) is 7.86. The van der Waals surface area contributed by atoms with Crippen LogP contribution in [0.15, 0.2) is 24.3 Å². The zero-order valence-electron chi connectivity index (χ0n) is 10.7. The van der Waals surface area contributed by atoms with Gasteiger partial charge in [-0.1, -0.05) is 12.1 Å². The average molecular weight is 248 g/mol. The number of nitrogens with one attached hydrogen (secondary N) is 2. The van der Waals surface area contributed by atoms with Crippen LogP contribution in [0.1, 0.15) is 31.2 Å². The van der Waals surface area contributed by atoms with Crippen molar-refractivity contribution in [3.63, 3.8) is 0 Å². The summed E-state index contributed by atoms with van der Waals surface area (Å²) in [6.07, 6.45) is 1.90. The van der Waals surface area contributed by atoms with Gasteiger partial charge in [0.15, 0.2) is 0 Å². The first-order valence-electron chi connectivity index (χ1n) is 6.56. The van der Waals surface area contributed by atoms with Crippen molar-refractivity contribution in [1.82, 2.24) is 10.6 Å². The second-order valence-corrected chi connectivity index (χ2v) is 4.52. The fourth-order valence-electron chi connectivity index (χ4n) is 2.27. The molecule has 1 amide bonds. The molecule has 0 saturated carbocycles. The van der Waals surface area contributed by atoms with Crippen molar-refractivity contribution < 1.29 is 9.53 Å². The lowest BCUT2D eigenvalue weighted by molar-refractivity contribution is 0.201. The van der Waals surface area contributed by atoms with Gasteiger partial charge in [0.25, 0.3) is 0 Å². The third kappa shape index (κ3) is 3.47. The third-order valence-electron chi connectivity index (χ3n) is 3.20. The molecular weight excluding hydrogens is 228 g/mol. The molecule has 4 heteroatoms. The second kappa shape index (κ2) is 6.40. The number of piperidine rings is 1. The van der Waals surface area contributed by atoms with Gasteiger partial charge in [-0.2, -0.15) is 0 Å². The molecule has 4 nitrogen and oxygen atoms in total. The molecule has 0 radical (unpaired) electrons. The van der Waals surface area contributed by atoms with E-state index in [1.54, 1.807) is 0 Å². The van der Waals surface area contributed by atoms with Crippen LogP contribution in [0.25, 0.3) is 0 Å². The molecule has 1 aromatic carbocycles. The number of carbonyl (C=O) groups excluding carboxylic acids is 1. The minimum atomic E-state index is -0.389. The molecule has 0 aromatic heterocycles. The largest absolute Gasteiger partial charge is 0.412 e. The van der Waals surface area contributed by atoms with Gasteiger partial charge < -0.3 is 15.4 Å². The molecule has 1 aliphatic heterocycles. The summed E-state index contributed by atoms with van der Waals surface area (Å²) >= 11 is 0. The van der Waals surface area contributed by atoms with Crippen LogP contribution in [0, 0.1) is 0 Å². The first-order valence-corrected chi connectivity index (χ1v) is 6.56. The number of hydrogen-bond acceptors (Lipinski definition) is 3. The summed E-state index contributed by atoms with van der Waals surface area (Å²) < 4.78 is 5.22. The van der Waals surface area contributed by atoms with Gasteiger partial charge in [-0.05, 0) is 56.5 Å². The van der Waals surface area contributed by atoms with Gasteiger partial charge in [-0.15, -0.1) is 0 Å². The first-order chi connectivity index (χ1) is 8.79. The minimum absolute atomic E-state index is 0.389. The standard InChI is InChI=1S/C14H20N2O2/c1-2-16-14(17)18-13-5-3-4-12(10-13)11-6-8-15-9-7-11/h3-5,10-11,15H,2,6-9H2,1H3,(H,16,17). The lowest BCUT2D eigenvalue weighted by Gasteiger charge is -2.23. The molecule has 1 fully saturated rings. The Bertz CT molecular complexity index is 401. The quantitative estimate of drug-likeness (QED) is 0.862. The Hall–Kier alpha value is -1.55. The summed E-state index contributed by atoms with van der Waals surface area (Å²) in [4.78, 5) is 11.4. The Morgan fingerprint density at radius 3 is 2.94 bits per heavy atom. The van der Waals surface area contributed by atoms with E-state index in [0.29, 0.717) is 18.2 Å². The normalized spacial score (nSPS) is 16.3. The van der Waals surface area contributed by atoms with E-state index >= 15 is 0 Å². The van der Waals surface area contributed by atoms with Crippen molar-refractivity contribution in [2.45, 2.75) is 25.7 Å². The summed E-state index contributed by atoms with van der Waals surface area (Å²) in [5.41, 5.74) is 1.26. The molecule has 0 unspecified atom stereocenters. The van der Waals surface area contributed by atoms with Crippen LogP contribution in [0.5, 0.6) is 5.75 Å². The maximum absolute atomic E-state index is 11.4. The van der Waals surface area contributed by atoms with Crippen LogP contribution in [0.2, 0.25) is 0 Å². The van der Waals surface area contributed by atoms with Crippen LogP contribution < -0.4 is 15.4 Å². The van der Waals surface area contributed by atoms with E-state index in [1.807, 2.05) is 25.1 Å². The molecule has 98 valence electrons. The maximum Gasteiger partial charge on any atom is 0.412 e. The van der Waals surface area contributed by atoms with Crippen LogP contribution in [0.4, 0.5) is 4.79 Å². The fourth-order valence-corrected chi connectivity index (χ4v) is 2.27. The van der Waals surface area contributed by atoms with Crippen LogP contribution >= 0.6 is 0 Å². The Kier molecular flexibility index (Phi) is 4.59. The minimum Gasteiger partial charge on any atom is -0.410 e. The molecule has 0 aliphatic carbocycles. The van der Waals surface area contributed by atoms with Crippen LogP contribution in [-0.2, 0) is 0 Å². The fraction of sp³-hybridized carbons (Fsp3) is 0.500. The Morgan fingerprint density at radius 2 is 2.22 bits per heavy atom. The van der Waals surface area contributed by atoms with Crippen molar-refractivity contribution in [1.29, 1.82) is 0 Å². The summed E-state index contributed by atoms with van der Waals surface area (Å²) in [5, 5.41) is 5.97. The first kappa shape index (κ1) is 12.9. The SMILES string of the molecule is CCNC(=O)Oc1cccc(C2CCNCC2)c1.